The van der Waals surface area contributed by atoms with Gasteiger partial charge in [0.05, 0.1) is 17.7 Å². The first-order valence-corrected chi connectivity index (χ1v) is 9.99. The Morgan fingerprint density at radius 2 is 1.74 bits per heavy atom. The van der Waals surface area contributed by atoms with Crippen LogP contribution < -0.4 is 10.6 Å². The summed E-state index contributed by atoms with van der Waals surface area (Å²) in [5, 5.41) is 15.7. The summed E-state index contributed by atoms with van der Waals surface area (Å²) in [6.45, 7) is 15.2. The highest BCUT2D eigenvalue weighted by atomic mass is 16.3. The summed E-state index contributed by atoms with van der Waals surface area (Å²) in [4.78, 5) is 29.4. The number of carbonyl (C=O) groups excluding carboxylic acids is 2. The molecule has 1 heterocycles. The van der Waals surface area contributed by atoms with E-state index in [1.807, 2.05) is 32.8 Å². The molecule has 7 heteroatoms. The lowest BCUT2D eigenvalue weighted by Gasteiger charge is -2.38. The number of likely N-dealkylation sites (tertiary alicyclic amines) is 1. The normalized spacial score (nSPS) is 27.3. The lowest BCUT2D eigenvalue weighted by Crippen LogP contribution is -2.60. The summed E-state index contributed by atoms with van der Waals surface area (Å²) in [6, 6.07) is -0.753. The van der Waals surface area contributed by atoms with Gasteiger partial charge in [0.15, 0.2) is 0 Å². The number of nitrogens with zero attached hydrogens (tertiary/aromatic N) is 2. The summed E-state index contributed by atoms with van der Waals surface area (Å²) in [7, 11) is 3.73. The van der Waals surface area contributed by atoms with Crippen LogP contribution in [0.5, 0.6) is 0 Å². The van der Waals surface area contributed by atoms with E-state index < -0.39 is 23.7 Å². The van der Waals surface area contributed by atoms with Crippen LogP contribution in [-0.2, 0) is 9.59 Å². The molecule has 0 bridgehead atoms. The van der Waals surface area contributed by atoms with Crippen molar-refractivity contribution in [3.63, 3.8) is 0 Å². The number of hydrogen-bond donors (Lipinski definition) is 3. The van der Waals surface area contributed by atoms with Gasteiger partial charge in [0.1, 0.15) is 6.04 Å². The third-order valence-corrected chi connectivity index (χ3v) is 6.15. The first kappa shape index (κ1) is 23.9. The van der Waals surface area contributed by atoms with Crippen LogP contribution in [-0.4, -0.2) is 83.7 Å². The van der Waals surface area contributed by atoms with Gasteiger partial charge in [-0.1, -0.05) is 13.8 Å². The van der Waals surface area contributed by atoms with Crippen molar-refractivity contribution >= 4 is 11.8 Å². The lowest BCUT2D eigenvalue weighted by molar-refractivity contribution is -0.136. The van der Waals surface area contributed by atoms with Crippen molar-refractivity contribution in [3.8, 4) is 0 Å². The number of aliphatic hydroxyl groups excluding tert-OH is 1. The van der Waals surface area contributed by atoms with Gasteiger partial charge >= 0.3 is 0 Å². The molecule has 158 valence electrons. The van der Waals surface area contributed by atoms with Crippen LogP contribution in [0.3, 0.4) is 0 Å². The van der Waals surface area contributed by atoms with Gasteiger partial charge in [0.25, 0.3) is 0 Å². The predicted octanol–water partition coefficient (Wildman–Crippen LogP) is 0.673. The van der Waals surface area contributed by atoms with E-state index in [0.717, 1.165) is 6.54 Å². The van der Waals surface area contributed by atoms with E-state index in [4.69, 9.17) is 0 Å². The Balaban J connectivity index is 2.65. The average Bonchev–Trinajstić information content (AvgIpc) is 2.81. The molecule has 0 aliphatic carbocycles. The van der Waals surface area contributed by atoms with Gasteiger partial charge in [-0.05, 0) is 60.5 Å². The van der Waals surface area contributed by atoms with Gasteiger partial charge in [-0.25, -0.2) is 0 Å². The zero-order valence-corrected chi connectivity index (χ0v) is 18.5. The summed E-state index contributed by atoms with van der Waals surface area (Å²) in [6.07, 6.45) is -0.670. The van der Waals surface area contributed by atoms with Crippen molar-refractivity contribution in [1.82, 2.24) is 20.4 Å². The van der Waals surface area contributed by atoms with Crippen LogP contribution in [0.4, 0.5) is 0 Å². The number of aliphatic hydroxyl groups is 1. The number of hydrogen-bond acceptors (Lipinski definition) is 5. The van der Waals surface area contributed by atoms with Crippen LogP contribution in [0.15, 0.2) is 0 Å². The third kappa shape index (κ3) is 5.90. The standard InChI is InChI=1S/C20H40N4O3/c1-12-10-24(16(5)13(12)2)20(6,7)19(27)22-15(4)18(26)21-14(3)17(25)11-23(8)9/h12-17,25H,10-11H2,1-9H3,(H,21,26)(H,22,27)/t12?,13?,14-,15-,16?,17+/m0/s1. The highest BCUT2D eigenvalue weighted by Gasteiger charge is 2.45. The van der Waals surface area contributed by atoms with Gasteiger partial charge in [0.2, 0.25) is 11.8 Å². The molecule has 3 unspecified atom stereocenters. The Morgan fingerprint density at radius 1 is 1.19 bits per heavy atom. The molecule has 7 nitrogen and oxygen atoms in total. The molecule has 0 aromatic heterocycles. The molecule has 0 aromatic rings. The fourth-order valence-electron chi connectivity index (χ4n) is 3.69. The van der Waals surface area contributed by atoms with Crippen molar-refractivity contribution in [2.45, 2.75) is 78.2 Å². The molecule has 6 atom stereocenters. The zero-order chi connectivity index (χ0) is 21.1. The Bertz CT molecular complexity index is 523. The predicted molar refractivity (Wildman–Crippen MR) is 108 cm³/mol. The molecule has 27 heavy (non-hydrogen) atoms. The van der Waals surface area contributed by atoms with Gasteiger partial charge in [-0.3, -0.25) is 14.5 Å². The topological polar surface area (TPSA) is 84.9 Å². The van der Waals surface area contributed by atoms with Crippen LogP contribution in [0, 0.1) is 11.8 Å². The molecule has 0 radical (unpaired) electrons. The van der Waals surface area contributed by atoms with Crippen LogP contribution in [0.1, 0.15) is 48.5 Å². The number of rotatable bonds is 8. The van der Waals surface area contributed by atoms with E-state index in [0.29, 0.717) is 24.4 Å². The summed E-state index contributed by atoms with van der Waals surface area (Å²) in [5.74, 6) is 0.615. The number of nitrogens with one attached hydrogen (secondary N) is 2. The van der Waals surface area contributed by atoms with Crippen molar-refractivity contribution < 1.29 is 14.7 Å². The fourth-order valence-corrected chi connectivity index (χ4v) is 3.69. The van der Waals surface area contributed by atoms with Crippen molar-refractivity contribution in [2.75, 3.05) is 27.2 Å². The fraction of sp³-hybridized carbons (Fsp3) is 0.900. The second-order valence-corrected chi connectivity index (χ2v) is 9.11. The van der Waals surface area contributed by atoms with Gasteiger partial charge < -0.3 is 20.6 Å². The molecule has 2 amide bonds. The maximum atomic E-state index is 12.9. The number of carbonyl (C=O) groups is 2. The minimum Gasteiger partial charge on any atom is -0.390 e. The molecular weight excluding hydrogens is 344 g/mol. The Labute approximate surface area is 164 Å². The van der Waals surface area contributed by atoms with E-state index in [9.17, 15) is 14.7 Å². The third-order valence-electron chi connectivity index (χ3n) is 6.15. The Morgan fingerprint density at radius 3 is 2.19 bits per heavy atom. The molecule has 0 saturated carbocycles. The SMILES string of the molecule is CC1CN(C(C)(C)C(=O)N[C@@H](C)C(=O)N[C@@H](C)[C@H](O)CN(C)C)C(C)C1C. The summed E-state index contributed by atoms with van der Waals surface area (Å²) < 4.78 is 0. The Hall–Kier alpha value is -1.18. The quantitative estimate of drug-likeness (QED) is 0.573. The van der Waals surface area contributed by atoms with Crippen LogP contribution in [0.25, 0.3) is 0 Å². The smallest absolute Gasteiger partial charge is 0.242 e. The van der Waals surface area contributed by atoms with Crippen LogP contribution >= 0.6 is 0 Å². The number of likely N-dealkylation sites (N-methyl/N-ethyl adjacent to an activating group) is 1. The Kier molecular flexibility index (Phi) is 8.26. The molecule has 3 N–H and O–H groups in total. The second-order valence-electron chi connectivity index (χ2n) is 9.11. The maximum Gasteiger partial charge on any atom is 0.242 e. The van der Waals surface area contributed by atoms with E-state index in [1.54, 1.807) is 13.8 Å². The second kappa shape index (κ2) is 9.34. The van der Waals surface area contributed by atoms with Crippen molar-refractivity contribution in [1.29, 1.82) is 0 Å². The van der Waals surface area contributed by atoms with E-state index in [-0.39, 0.29) is 11.8 Å². The largest absolute Gasteiger partial charge is 0.390 e. The van der Waals surface area contributed by atoms with Crippen molar-refractivity contribution in [3.05, 3.63) is 0 Å². The van der Waals surface area contributed by atoms with E-state index in [1.165, 1.54) is 0 Å². The number of amides is 2. The zero-order valence-electron chi connectivity index (χ0n) is 18.5. The first-order chi connectivity index (χ1) is 12.3. The minimum absolute atomic E-state index is 0.153. The lowest BCUT2D eigenvalue weighted by atomic mass is 9.94. The van der Waals surface area contributed by atoms with Gasteiger partial charge in [-0.15, -0.1) is 0 Å². The van der Waals surface area contributed by atoms with Gasteiger partial charge in [-0.2, -0.15) is 0 Å². The highest BCUT2D eigenvalue weighted by Crippen LogP contribution is 2.34. The molecule has 1 saturated heterocycles. The maximum absolute atomic E-state index is 12.9. The monoisotopic (exact) mass is 384 g/mol. The molecule has 1 aliphatic heterocycles. The highest BCUT2D eigenvalue weighted by molar-refractivity contribution is 5.91. The van der Waals surface area contributed by atoms with Gasteiger partial charge in [0, 0.05) is 19.1 Å². The molecule has 0 spiro atoms. The average molecular weight is 385 g/mol. The van der Waals surface area contributed by atoms with Crippen molar-refractivity contribution in [2.24, 2.45) is 11.8 Å². The minimum atomic E-state index is -0.691. The molecule has 1 rings (SSSR count). The first-order valence-electron chi connectivity index (χ1n) is 9.99. The molecular formula is C20H40N4O3. The van der Waals surface area contributed by atoms with E-state index >= 15 is 0 Å². The molecule has 0 aromatic carbocycles. The van der Waals surface area contributed by atoms with E-state index in [2.05, 4.69) is 36.3 Å². The summed E-state index contributed by atoms with van der Waals surface area (Å²) in [5.41, 5.74) is -0.691. The summed E-state index contributed by atoms with van der Waals surface area (Å²) >= 11 is 0. The molecule has 1 aliphatic rings. The molecule has 1 fully saturated rings. The van der Waals surface area contributed by atoms with Crippen LogP contribution in [0.2, 0.25) is 0 Å².